The van der Waals surface area contributed by atoms with Crippen molar-refractivity contribution in [1.82, 2.24) is 9.88 Å². The first-order valence-electron chi connectivity index (χ1n) is 13.1. The minimum atomic E-state index is -4.91. The van der Waals surface area contributed by atoms with Gasteiger partial charge in [-0.25, -0.2) is 9.37 Å². The van der Waals surface area contributed by atoms with Crippen LogP contribution in [0.4, 0.5) is 29.1 Å². The highest BCUT2D eigenvalue weighted by Crippen LogP contribution is 2.29. The summed E-state index contributed by atoms with van der Waals surface area (Å²) in [6.07, 6.45) is 2.30. The Hall–Kier alpha value is -3.66. The van der Waals surface area contributed by atoms with E-state index < -0.39 is 23.8 Å². The number of amides is 1. The molecule has 0 atom stereocenters. The zero-order chi connectivity index (χ0) is 27.6. The SMILES string of the molecule is Cc1cc(N2CCC(N3CCCC3)CC2)nc2ccc(NC(=O)/C=C/c3ccc(OC(F)(F)F)cc3F)cc12. The Balaban J connectivity index is 1.22. The molecule has 2 saturated heterocycles. The lowest BCUT2D eigenvalue weighted by Crippen LogP contribution is -2.44. The zero-order valence-electron chi connectivity index (χ0n) is 21.6. The Kier molecular flexibility index (Phi) is 7.74. The first-order chi connectivity index (χ1) is 18.6. The second-order valence-corrected chi connectivity index (χ2v) is 10.0. The minimum Gasteiger partial charge on any atom is -0.406 e. The van der Waals surface area contributed by atoms with Gasteiger partial charge in [0.1, 0.15) is 17.4 Å². The summed E-state index contributed by atoms with van der Waals surface area (Å²) in [5.74, 6) is -1.15. The molecule has 1 aromatic heterocycles. The van der Waals surface area contributed by atoms with Gasteiger partial charge in [0.05, 0.1) is 5.52 Å². The fourth-order valence-corrected chi connectivity index (χ4v) is 5.37. The molecule has 39 heavy (non-hydrogen) atoms. The monoisotopic (exact) mass is 542 g/mol. The van der Waals surface area contributed by atoms with Gasteiger partial charge in [-0.3, -0.25) is 4.79 Å². The molecule has 0 aliphatic carbocycles. The first kappa shape index (κ1) is 26.9. The van der Waals surface area contributed by atoms with Gasteiger partial charge in [0, 0.05) is 47.9 Å². The largest absolute Gasteiger partial charge is 0.573 e. The number of ether oxygens (including phenoxy) is 1. The van der Waals surface area contributed by atoms with Crippen molar-refractivity contribution in [2.45, 2.75) is 45.0 Å². The molecule has 0 saturated carbocycles. The number of aromatic nitrogens is 1. The van der Waals surface area contributed by atoms with Crippen LogP contribution in [0.25, 0.3) is 17.0 Å². The molecule has 1 amide bonds. The van der Waals surface area contributed by atoms with E-state index in [1.54, 1.807) is 6.07 Å². The highest BCUT2D eigenvalue weighted by atomic mass is 19.4. The Morgan fingerprint density at radius 1 is 1.05 bits per heavy atom. The molecular weight excluding hydrogens is 512 g/mol. The van der Waals surface area contributed by atoms with Crippen LogP contribution in [0.1, 0.15) is 36.8 Å². The molecule has 2 aromatic carbocycles. The van der Waals surface area contributed by atoms with E-state index in [1.165, 1.54) is 32.0 Å². The number of anilines is 2. The smallest absolute Gasteiger partial charge is 0.406 e. The van der Waals surface area contributed by atoms with Crippen LogP contribution in [-0.2, 0) is 4.79 Å². The van der Waals surface area contributed by atoms with Gasteiger partial charge < -0.3 is 19.9 Å². The van der Waals surface area contributed by atoms with Gasteiger partial charge in [0.25, 0.3) is 0 Å². The van der Waals surface area contributed by atoms with Gasteiger partial charge in [-0.2, -0.15) is 0 Å². The second-order valence-electron chi connectivity index (χ2n) is 10.0. The van der Waals surface area contributed by atoms with Crippen molar-refractivity contribution in [2.75, 3.05) is 36.4 Å². The average Bonchev–Trinajstić information content (AvgIpc) is 3.43. The number of piperidine rings is 1. The number of hydrogen-bond donors (Lipinski definition) is 1. The first-order valence-corrected chi connectivity index (χ1v) is 13.1. The van der Waals surface area contributed by atoms with Crippen molar-refractivity contribution in [3.8, 4) is 5.75 Å². The standard InChI is InChI=1S/C29H30F4N4O2/c1-19-16-27(37-14-10-22(11-15-37)36-12-2-3-13-36)35-26-8-6-21(17-24(19)26)34-28(38)9-5-20-4-7-23(18-25(20)30)39-29(31,32)33/h4-9,16-18,22H,2-3,10-15H2,1H3,(H,34,38)/b9-5+. The highest BCUT2D eigenvalue weighted by molar-refractivity contribution is 6.03. The van der Waals surface area contributed by atoms with Gasteiger partial charge in [-0.1, -0.05) is 0 Å². The quantitative estimate of drug-likeness (QED) is 0.293. The van der Waals surface area contributed by atoms with Gasteiger partial charge >= 0.3 is 6.36 Å². The van der Waals surface area contributed by atoms with E-state index in [4.69, 9.17) is 4.98 Å². The van der Waals surface area contributed by atoms with E-state index in [9.17, 15) is 22.4 Å². The molecule has 1 N–H and O–H groups in total. The van der Waals surface area contributed by atoms with E-state index in [-0.39, 0.29) is 5.56 Å². The average molecular weight is 543 g/mol. The van der Waals surface area contributed by atoms with Crippen molar-refractivity contribution in [2.24, 2.45) is 0 Å². The normalized spacial score (nSPS) is 17.3. The van der Waals surface area contributed by atoms with E-state index in [1.807, 2.05) is 19.1 Å². The minimum absolute atomic E-state index is 0.0461. The molecule has 2 aliphatic rings. The molecule has 3 aromatic rings. The van der Waals surface area contributed by atoms with E-state index in [2.05, 4.69) is 25.9 Å². The van der Waals surface area contributed by atoms with Crippen molar-refractivity contribution in [1.29, 1.82) is 0 Å². The van der Waals surface area contributed by atoms with Crippen molar-refractivity contribution in [3.05, 3.63) is 65.5 Å². The van der Waals surface area contributed by atoms with Crippen molar-refractivity contribution < 1.29 is 27.1 Å². The van der Waals surface area contributed by atoms with Crippen LogP contribution in [-0.4, -0.2) is 54.4 Å². The lowest BCUT2D eigenvalue weighted by molar-refractivity contribution is -0.274. The molecule has 0 bridgehead atoms. The number of likely N-dealkylation sites (tertiary alicyclic amines) is 1. The van der Waals surface area contributed by atoms with Crippen LogP contribution < -0.4 is 15.0 Å². The lowest BCUT2D eigenvalue weighted by atomic mass is 10.0. The summed E-state index contributed by atoms with van der Waals surface area (Å²) in [7, 11) is 0. The van der Waals surface area contributed by atoms with E-state index >= 15 is 0 Å². The predicted molar refractivity (Wildman–Crippen MR) is 143 cm³/mol. The molecule has 3 heterocycles. The van der Waals surface area contributed by atoms with Crippen LogP contribution >= 0.6 is 0 Å². The summed E-state index contributed by atoms with van der Waals surface area (Å²) in [6, 6.07) is 10.9. The molecule has 206 valence electrons. The lowest BCUT2D eigenvalue weighted by Gasteiger charge is -2.37. The van der Waals surface area contributed by atoms with Crippen molar-refractivity contribution >= 4 is 34.4 Å². The maximum atomic E-state index is 14.1. The highest BCUT2D eigenvalue weighted by Gasteiger charge is 2.31. The fraction of sp³-hybridized carbons (Fsp3) is 0.379. The topological polar surface area (TPSA) is 57.7 Å². The maximum absolute atomic E-state index is 14.1. The summed E-state index contributed by atoms with van der Waals surface area (Å²) < 4.78 is 54.7. The van der Waals surface area contributed by atoms with Crippen molar-refractivity contribution in [3.63, 3.8) is 0 Å². The number of carbonyl (C=O) groups is 1. The Bertz CT molecular complexity index is 1380. The number of carbonyl (C=O) groups excluding carboxylic acids is 1. The van der Waals surface area contributed by atoms with Crippen LogP contribution in [0.3, 0.4) is 0 Å². The van der Waals surface area contributed by atoms with Gasteiger partial charge in [-0.15, -0.1) is 13.2 Å². The van der Waals surface area contributed by atoms with Crippen LogP contribution in [0.15, 0.2) is 48.5 Å². The van der Waals surface area contributed by atoms with E-state index in [0.29, 0.717) is 17.8 Å². The predicted octanol–water partition coefficient (Wildman–Crippen LogP) is 6.30. The number of rotatable bonds is 6. The molecular formula is C29H30F4N4O2. The molecule has 2 fully saturated rings. The molecule has 2 aliphatic heterocycles. The number of pyridine rings is 1. The van der Waals surface area contributed by atoms with E-state index in [0.717, 1.165) is 66.4 Å². The third-order valence-electron chi connectivity index (χ3n) is 7.33. The summed E-state index contributed by atoms with van der Waals surface area (Å²) >= 11 is 0. The second kappa shape index (κ2) is 11.2. The van der Waals surface area contributed by atoms with Crippen LogP contribution in [0, 0.1) is 12.7 Å². The number of alkyl halides is 3. The maximum Gasteiger partial charge on any atom is 0.573 e. The third kappa shape index (κ3) is 6.68. The molecule has 10 heteroatoms. The summed E-state index contributed by atoms with van der Waals surface area (Å²) in [5.41, 5.74) is 2.39. The van der Waals surface area contributed by atoms with Crippen LogP contribution in [0.5, 0.6) is 5.75 Å². The molecule has 0 spiro atoms. The van der Waals surface area contributed by atoms with Gasteiger partial charge in [0.15, 0.2) is 0 Å². The summed E-state index contributed by atoms with van der Waals surface area (Å²) in [6.45, 7) is 6.43. The fourth-order valence-electron chi connectivity index (χ4n) is 5.37. The number of benzene rings is 2. The van der Waals surface area contributed by atoms with Gasteiger partial charge in [-0.05, 0) is 93.7 Å². The molecule has 0 radical (unpaired) electrons. The Morgan fingerprint density at radius 2 is 1.79 bits per heavy atom. The van der Waals surface area contributed by atoms with Gasteiger partial charge in [0.2, 0.25) is 5.91 Å². The summed E-state index contributed by atoms with van der Waals surface area (Å²) in [4.78, 5) is 22.3. The Morgan fingerprint density at radius 3 is 2.49 bits per heavy atom. The number of hydrogen-bond acceptors (Lipinski definition) is 5. The molecule has 6 nitrogen and oxygen atoms in total. The zero-order valence-corrected chi connectivity index (χ0v) is 21.6. The number of halogens is 4. The number of nitrogens with one attached hydrogen (secondary N) is 1. The summed E-state index contributed by atoms with van der Waals surface area (Å²) in [5, 5.41) is 3.65. The molecule has 0 unspecified atom stereocenters. The van der Waals surface area contributed by atoms with Crippen LogP contribution in [0.2, 0.25) is 0 Å². The molecule has 5 rings (SSSR count). The third-order valence-corrected chi connectivity index (χ3v) is 7.33. The Labute approximate surface area is 224 Å². The number of nitrogens with zero attached hydrogens (tertiary/aromatic N) is 3. The number of aryl methyl sites for hydroxylation is 1. The number of fused-ring (bicyclic) bond motifs is 1.